The first kappa shape index (κ1) is 19.2. The highest BCUT2D eigenvalue weighted by molar-refractivity contribution is 6.14. The van der Waals surface area contributed by atoms with E-state index in [4.69, 9.17) is 14.2 Å². The number of nitrogens with zero attached hydrogens (tertiary/aromatic N) is 1. The number of benzene rings is 3. The highest BCUT2D eigenvalue weighted by Crippen LogP contribution is 2.34. The number of carbonyl (C=O) groups is 1. The lowest BCUT2D eigenvalue weighted by Gasteiger charge is -2.18. The van der Waals surface area contributed by atoms with Crippen LogP contribution < -0.4 is 14.2 Å². The molecule has 0 spiro atoms. The van der Waals surface area contributed by atoms with Crippen LogP contribution in [-0.2, 0) is 0 Å². The van der Waals surface area contributed by atoms with E-state index in [0.29, 0.717) is 33.9 Å². The molecule has 4 rings (SSSR count). The number of ether oxygens (including phenoxy) is 3. The lowest BCUT2D eigenvalue weighted by atomic mass is 9.98. The first-order valence-corrected chi connectivity index (χ1v) is 9.12. The molecule has 0 fully saturated rings. The van der Waals surface area contributed by atoms with E-state index in [1.165, 1.54) is 12.1 Å². The summed E-state index contributed by atoms with van der Waals surface area (Å²) in [7, 11) is 1.55. The van der Waals surface area contributed by atoms with Crippen molar-refractivity contribution >= 4 is 17.5 Å². The Morgan fingerprint density at radius 1 is 1.03 bits per heavy atom. The molecule has 0 N–H and O–H groups in total. The van der Waals surface area contributed by atoms with Crippen LogP contribution in [0.1, 0.15) is 15.9 Å². The van der Waals surface area contributed by atoms with Gasteiger partial charge in [-0.05, 0) is 54.1 Å². The summed E-state index contributed by atoms with van der Waals surface area (Å²) in [6.45, 7) is 0.105. The number of nitro benzene ring substituents is 1. The molecule has 7 nitrogen and oxygen atoms in total. The van der Waals surface area contributed by atoms with Crippen LogP contribution in [0.25, 0.3) is 6.08 Å². The Morgan fingerprint density at radius 3 is 2.50 bits per heavy atom. The van der Waals surface area contributed by atoms with E-state index in [2.05, 4.69) is 0 Å². The molecule has 1 aliphatic heterocycles. The van der Waals surface area contributed by atoms with Gasteiger partial charge in [0.2, 0.25) is 5.75 Å². The molecule has 1 aliphatic rings. The second-order valence-corrected chi connectivity index (χ2v) is 6.55. The predicted molar refractivity (Wildman–Crippen MR) is 110 cm³/mol. The van der Waals surface area contributed by atoms with Gasteiger partial charge in [0.15, 0.2) is 5.78 Å². The van der Waals surface area contributed by atoms with Crippen molar-refractivity contribution < 1.29 is 23.9 Å². The van der Waals surface area contributed by atoms with Gasteiger partial charge < -0.3 is 14.2 Å². The zero-order valence-electron chi connectivity index (χ0n) is 16.0. The van der Waals surface area contributed by atoms with Gasteiger partial charge in [0.25, 0.3) is 0 Å². The average molecular weight is 403 g/mol. The number of fused-ring (bicyclic) bond motifs is 1. The normalized spacial score (nSPS) is 14.0. The Labute approximate surface area is 172 Å². The molecule has 0 atom stereocenters. The maximum atomic E-state index is 12.7. The van der Waals surface area contributed by atoms with Gasteiger partial charge in [-0.15, -0.1) is 0 Å². The summed E-state index contributed by atoms with van der Waals surface area (Å²) >= 11 is 0. The summed E-state index contributed by atoms with van der Waals surface area (Å²) < 4.78 is 16.4. The summed E-state index contributed by atoms with van der Waals surface area (Å²) in [5.74, 6) is 1.58. The SMILES string of the molecule is COc1ccc(Oc2ccc(/C=C3/COc4ccccc4C3=O)cc2[N+](=O)[O-])cc1. The van der Waals surface area contributed by atoms with Gasteiger partial charge in [-0.1, -0.05) is 18.2 Å². The number of carbonyl (C=O) groups excluding carboxylic acids is 1. The Kier molecular flexibility index (Phi) is 5.17. The van der Waals surface area contributed by atoms with Crippen LogP contribution in [0.2, 0.25) is 0 Å². The van der Waals surface area contributed by atoms with Crippen LogP contribution in [0.3, 0.4) is 0 Å². The number of para-hydroxylation sites is 1. The van der Waals surface area contributed by atoms with Crippen molar-refractivity contribution in [1.82, 2.24) is 0 Å². The lowest BCUT2D eigenvalue weighted by Crippen LogP contribution is -2.18. The number of nitro groups is 1. The average Bonchev–Trinajstić information content (AvgIpc) is 2.77. The molecule has 0 amide bonds. The second-order valence-electron chi connectivity index (χ2n) is 6.55. The Morgan fingerprint density at radius 2 is 1.77 bits per heavy atom. The molecule has 0 radical (unpaired) electrons. The zero-order valence-corrected chi connectivity index (χ0v) is 16.0. The van der Waals surface area contributed by atoms with Crippen LogP contribution in [0.4, 0.5) is 5.69 Å². The highest BCUT2D eigenvalue weighted by Gasteiger charge is 2.23. The van der Waals surface area contributed by atoms with Crippen LogP contribution in [0.5, 0.6) is 23.0 Å². The fourth-order valence-electron chi connectivity index (χ4n) is 3.11. The Balaban J connectivity index is 1.62. The minimum atomic E-state index is -0.518. The molecule has 150 valence electrons. The molecule has 0 aromatic heterocycles. The van der Waals surface area contributed by atoms with E-state index >= 15 is 0 Å². The van der Waals surface area contributed by atoms with Gasteiger partial charge in [0, 0.05) is 11.6 Å². The fourth-order valence-corrected chi connectivity index (χ4v) is 3.11. The summed E-state index contributed by atoms with van der Waals surface area (Å²) in [4.78, 5) is 23.7. The Bertz CT molecular complexity index is 1150. The topological polar surface area (TPSA) is 87.9 Å². The minimum absolute atomic E-state index is 0.101. The van der Waals surface area contributed by atoms with Crippen molar-refractivity contribution in [1.29, 1.82) is 0 Å². The van der Waals surface area contributed by atoms with Crippen LogP contribution in [0, 0.1) is 10.1 Å². The molecule has 7 heteroatoms. The third-order valence-corrected chi connectivity index (χ3v) is 4.61. The summed E-state index contributed by atoms with van der Waals surface area (Å²) in [5.41, 5.74) is 1.20. The number of hydrogen-bond donors (Lipinski definition) is 0. The van der Waals surface area contributed by atoms with Gasteiger partial charge in [-0.25, -0.2) is 0 Å². The summed E-state index contributed by atoms with van der Waals surface area (Å²) in [6.07, 6.45) is 1.60. The van der Waals surface area contributed by atoms with Crippen LogP contribution >= 0.6 is 0 Å². The summed E-state index contributed by atoms with van der Waals surface area (Å²) in [6, 6.07) is 18.3. The maximum Gasteiger partial charge on any atom is 0.312 e. The molecule has 3 aromatic rings. The van der Waals surface area contributed by atoms with Crippen LogP contribution in [0.15, 0.2) is 72.3 Å². The Hall–Kier alpha value is -4.13. The maximum absolute atomic E-state index is 12.7. The molecule has 0 bridgehead atoms. The first-order valence-electron chi connectivity index (χ1n) is 9.12. The van der Waals surface area contributed by atoms with Crippen LogP contribution in [-0.4, -0.2) is 24.4 Å². The molecular weight excluding hydrogens is 386 g/mol. The molecular formula is C23H17NO6. The lowest BCUT2D eigenvalue weighted by molar-refractivity contribution is -0.385. The molecule has 0 saturated carbocycles. The number of rotatable bonds is 5. The van der Waals surface area contributed by atoms with E-state index < -0.39 is 4.92 Å². The number of ketones is 1. The van der Waals surface area contributed by atoms with Crippen molar-refractivity contribution in [2.45, 2.75) is 0 Å². The van der Waals surface area contributed by atoms with Gasteiger partial charge in [-0.3, -0.25) is 14.9 Å². The molecule has 1 heterocycles. The largest absolute Gasteiger partial charge is 0.497 e. The van der Waals surface area contributed by atoms with E-state index in [9.17, 15) is 14.9 Å². The van der Waals surface area contributed by atoms with E-state index in [1.807, 2.05) is 0 Å². The number of methoxy groups -OCH3 is 1. The van der Waals surface area contributed by atoms with E-state index in [0.717, 1.165) is 0 Å². The minimum Gasteiger partial charge on any atom is -0.497 e. The standard InChI is InChI=1S/C23H17NO6/c1-28-17-7-9-18(10-8-17)30-22-11-6-15(13-20(22)24(26)27)12-16-14-29-21-5-3-2-4-19(21)23(16)25/h2-13H,14H2,1H3/b16-12-. The van der Waals surface area contributed by atoms with Gasteiger partial charge in [0.1, 0.15) is 23.9 Å². The smallest absolute Gasteiger partial charge is 0.312 e. The van der Waals surface area contributed by atoms with Crippen molar-refractivity contribution in [3.8, 4) is 23.0 Å². The second kappa shape index (κ2) is 8.08. The van der Waals surface area contributed by atoms with Gasteiger partial charge >= 0.3 is 5.69 Å². The fraction of sp³-hybridized carbons (Fsp3) is 0.0870. The highest BCUT2D eigenvalue weighted by atomic mass is 16.6. The van der Waals surface area contributed by atoms with Crippen molar-refractivity contribution in [3.63, 3.8) is 0 Å². The molecule has 0 unspecified atom stereocenters. The quantitative estimate of drug-likeness (QED) is 0.336. The zero-order chi connectivity index (χ0) is 21.1. The third-order valence-electron chi connectivity index (χ3n) is 4.61. The predicted octanol–water partition coefficient (Wildman–Crippen LogP) is 5.05. The molecule has 30 heavy (non-hydrogen) atoms. The van der Waals surface area contributed by atoms with Crippen molar-refractivity contribution in [2.75, 3.05) is 13.7 Å². The van der Waals surface area contributed by atoms with Crippen molar-refractivity contribution in [2.24, 2.45) is 0 Å². The van der Waals surface area contributed by atoms with E-state index in [-0.39, 0.29) is 23.8 Å². The molecule has 0 aliphatic carbocycles. The first-order chi connectivity index (χ1) is 14.5. The van der Waals surface area contributed by atoms with Gasteiger partial charge in [0.05, 0.1) is 17.6 Å². The van der Waals surface area contributed by atoms with E-state index in [1.54, 1.807) is 67.8 Å². The number of hydrogen-bond acceptors (Lipinski definition) is 6. The monoisotopic (exact) mass is 403 g/mol. The van der Waals surface area contributed by atoms with Crippen molar-refractivity contribution in [3.05, 3.63) is 93.5 Å². The summed E-state index contributed by atoms with van der Waals surface area (Å²) in [5, 5.41) is 11.6. The number of Topliss-reactive ketones (excluding diaryl/α,β-unsaturated/α-hetero) is 1. The molecule has 0 saturated heterocycles. The molecule has 3 aromatic carbocycles. The third kappa shape index (κ3) is 3.86. The van der Waals surface area contributed by atoms with Gasteiger partial charge in [-0.2, -0.15) is 0 Å².